The number of phenolic OH excluding ortho intramolecular Hbond substituents is 1. The van der Waals surface area contributed by atoms with Crippen LogP contribution >= 0.6 is 11.6 Å². The number of imidazole rings is 1. The maximum absolute atomic E-state index is 14.3. The van der Waals surface area contributed by atoms with Gasteiger partial charge in [0, 0.05) is 22.3 Å². The van der Waals surface area contributed by atoms with E-state index in [2.05, 4.69) is 20.4 Å². The van der Waals surface area contributed by atoms with E-state index >= 15 is 0 Å². The van der Waals surface area contributed by atoms with Crippen molar-refractivity contribution in [1.82, 2.24) is 24.9 Å². The molecule has 0 fully saturated rings. The fourth-order valence-corrected chi connectivity index (χ4v) is 4.84. The minimum atomic E-state index is -4.80. The molecule has 5 aromatic rings. The first-order valence-corrected chi connectivity index (χ1v) is 13.3. The largest absolute Gasteiger partial charge is 0.507 e. The quantitative estimate of drug-likeness (QED) is 0.186. The number of para-hydroxylation sites is 1. The molecule has 1 atom stereocenters. The van der Waals surface area contributed by atoms with E-state index in [0.29, 0.717) is 5.56 Å². The third-order valence-electron chi connectivity index (χ3n) is 7.15. The van der Waals surface area contributed by atoms with E-state index in [1.54, 1.807) is 0 Å². The fraction of sp³-hybridized carbons (Fsp3) is 0.200. The third kappa shape index (κ3) is 5.79. The van der Waals surface area contributed by atoms with Gasteiger partial charge in [-0.15, -0.1) is 0 Å². The van der Waals surface area contributed by atoms with Crippen LogP contribution in [0.2, 0.25) is 5.02 Å². The van der Waals surface area contributed by atoms with Crippen LogP contribution in [-0.2, 0) is 6.18 Å². The van der Waals surface area contributed by atoms with E-state index in [1.165, 1.54) is 77.4 Å². The van der Waals surface area contributed by atoms with Gasteiger partial charge in [0.1, 0.15) is 5.75 Å². The fourth-order valence-electron chi connectivity index (χ4n) is 4.61. The van der Waals surface area contributed by atoms with Gasteiger partial charge in [0.05, 0.1) is 34.6 Å². The van der Waals surface area contributed by atoms with Crippen LogP contribution in [0.1, 0.15) is 41.5 Å². The number of phenols is 1. The molecule has 3 heterocycles. The number of carbonyl (C=O) groups is 1. The summed E-state index contributed by atoms with van der Waals surface area (Å²) >= 11 is 6.41. The number of hydrogen-bond donors (Lipinski definition) is 2. The molecule has 0 aliphatic heterocycles. The number of amides is 1. The number of aromatic hydroxyl groups is 1. The second-order valence-electron chi connectivity index (χ2n) is 10.4. The number of halogens is 7. The highest BCUT2D eigenvalue weighted by Gasteiger charge is 2.54. The topological polar surface area (TPSA) is 92.4 Å². The van der Waals surface area contributed by atoms with Crippen molar-refractivity contribution in [3.05, 3.63) is 101 Å². The Bertz CT molecular complexity index is 1870. The SMILES string of the molecule is CC(C)(C(NC(=O)c1ccccc1O)c1cc(-c2cn3nc(-c4cccnc4C(F)(F)F)ccc3n2)ccc1Cl)C(F)(F)F. The van der Waals surface area contributed by atoms with Crippen molar-refractivity contribution in [1.29, 1.82) is 0 Å². The second kappa shape index (κ2) is 11.1. The zero-order valence-electron chi connectivity index (χ0n) is 22.9. The minimum absolute atomic E-state index is 0.0301. The first kappa shape index (κ1) is 30.8. The van der Waals surface area contributed by atoms with Gasteiger partial charge in [-0.05, 0) is 67.9 Å². The van der Waals surface area contributed by atoms with Gasteiger partial charge in [-0.2, -0.15) is 31.4 Å². The average Bonchev–Trinajstić information content (AvgIpc) is 3.39. The number of rotatable bonds is 6. The van der Waals surface area contributed by atoms with Crippen LogP contribution < -0.4 is 5.32 Å². The molecule has 5 rings (SSSR count). The Morgan fingerprint density at radius 3 is 2.36 bits per heavy atom. The van der Waals surface area contributed by atoms with Crippen LogP contribution in [0.25, 0.3) is 28.2 Å². The molecule has 2 aromatic carbocycles. The normalized spacial score (nSPS) is 13.2. The van der Waals surface area contributed by atoms with E-state index in [1.807, 2.05) is 0 Å². The molecule has 44 heavy (non-hydrogen) atoms. The lowest BCUT2D eigenvalue weighted by Gasteiger charge is -2.37. The van der Waals surface area contributed by atoms with Crippen LogP contribution in [0.4, 0.5) is 26.3 Å². The predicted octanol–water partition coefficient (Wildman–Crippen LogP) is 7.90. The molecule has 3 aromatic heterocycles. The molecule has 0 saturated carbocycles. The van der Waals surface area contributed by atoms with E-state index in [0.717, 1.165) is 20.0 Å². The molecular weight excluding hydrogens is 612 g/mol. The molecular formula is C30H22ClF6N5O2. The highest BCUT2D eigenvalue weighted by Crippen LogP contribution is 2.49. The maximum atomic E-state index is 14.3. The van der Waals surface area contributed by atoms with Crippen LogP contribution in [0, 0.1) is 5.41 Å². The highest BCUT2D eigenvalue weighted by molar-refractivity contribution is 6.31. The van der Waals surface area contributed by atoms with Gasteiger partial charge in [-0.1, -0.05) is 29.8 Å². The Kier molecular flexibility index (Phi) is 7.79. The number of alkyl halides is 6. The summed E-state index contributed by atoms with van der Waals surface area (Å²) in [4.78, 5) is 20.9. The van der Waals surface area contributed by atoms with Crippen molar-refractivity contribution < 1.29 is 36.2 Å². The molecule has 7 nitrogen and oxygen atoms in total. The summed E-state index contributed by atoms with van der Waals surface area (Å²) < 4.78 is 84.8. The Labute approximate surface area is 251 Å². The van der Waals surface area contributed by atoms with Crippen molar-refractivity contribution in [3.63, 3.8) is 0 Å². The zero-order valence-corrected chi connectivity index (χ0v) is 23.6. The van der Waals surface area contributed by atoms with Gasteiger partial charge in [0.2, 0.25) is 0 Å². The molecule has 0 radical (unpaired) electrons. The van der Waals surface area contributed by atoms with Crippen LogP contribution in [0.15, 0.2) is 79.1 Å². The lowest BCUT2D eigenvalue weighted by molar-refractivity contribution is -0.221. The summed E-state index contributed by atoms with van der Waals surface area (Å²) in [6, 6.07) is 13.3. The molecule has 14 heteroatoms. The molecule has 0 aliphatic carbocycles. The number of benzene rings is 2. The lowest BCUT2D eigenvalue weighted by Crippen LogP contribution is -2.46. The first-order valence-electron chi connectivity index (χ1n) is 12.9. The van der Waals surface area contributed by atoms with Gasteiger partial charge in [0.25, 0.3) is 5.91 Å². The monoisotopic (exact) mass is 633 g/mol. The van der Waals surface area contributed by atoms with Crippen molar-refractivity contribution >= 4 is 23.2 Å². The summed E-state index contributed by atoms with van der Waals surface area (Å²) in [7, 11) is 0. The van der Waals surface area contributed by atoms with Crippen molar-refractivity contribution in [2.45, 2.75) is 32.2 Å². The minimum Gasteiger partial charge on any atom is -0.507 e. The summed E-state index contributed by atoms with van der Waals surface area (Å²) in [5.41, 5.74) is -3.46. The Morgan fingerprint density at radius 1 is 0.955 bits per heavy atom. The first-order chi connectivity index (χ1) is 20.6. The molecule has 1 amide bonds. The summed E-state index contributed by atoms with van der Waals surface area (Å²) in [6.45, 7) is 1.83. The Hall–Kier alpha value is -4.65. The summed E-state index contributed by atoms with van der Waals surface area (Å²) in [5, 5.41) is 16.7. The lowest BCUT2D eigenvalue weighted by atomic mass is 9.79. The van der Waals surface area contributed by atoms with Crippen molar-refractivity contribution in [2.24, 2.45) is 5.41 Å². The van der Waals surface area contributed by atoms with E-state index in [9.17, 15) is 36.2 Å². The molecule has 0 saturated heterocycles. The summed E-state index contributed by atoms with van der Waals surface area (Å²) in [5.74, 6) is -1.37. The molecule has 2 N–H and O–H groups in total. The van der Waals surface area contributed by atoms with Crippen LogP contribution in [0.5, 0.6) is 5.75 Å². The van der Waals surface area contributed by atoms with E-state index in [4.69, 9.17) is 11.6 Å². The number of hydrogen-bond acceptors (Lipinski definition) is 5. The number of fused-ring (bicyclic) bond motifs is 1. The Morgan fingerprint density at radius 2 is 1.68 bits per heavy atom. The molecule has 1 unspecified atom stereocenters. The average molecular weight is 634 g/mol. The molecule has 0 bridgehead atoms. The van der Waals surface area contributed by atoms with Crippen molar-refractivity contribution in [3.8, 4) is 28.3 Å². The number of pyridine rings is 1. The summed E-state index contributed by atoms with van der Waals surface area (Å²) in [6.07, 6.45) is -7.09. The van der Waals surface area contributed by atoms with E-state index in [-0.39, 0.29) is 38.7 Å². The van der Waals surface area contributed by atoms with Crippen molar-refractivity contribution in [2.75, 3.05) is 0 Å². The molecule has 0 spiro atoms. The van der Waals surface area contributed by atoms with Crippen LogP contribution in [-0.4, -0.2) is 36.8 Å². The van der Waals surface area contributed by atoms with Gasteiger partial charge >= 0.3 is 12.4 Å². The third-order valence-corrected chi connectivity index (χ3v) is 7.50. The smallest absolute Gasteiger partial charge is 0.434 e. The number of nitrogens with one attached hydrogen (secondary N) is 1. The molecule has 0 aliphatic rings. The second-order valence-corrected chi connectivity index (χ2v) is 10.8. The number of aromatic nitrogens is 4. The molecule has 228 valence electrons. The van der Waals surface area contributed by atoms with Gasteiger partial charge in [0.15, 0.2) is 11.3 Å². The van der Waals surface area contributed by atoms with Gasteiger partial charge < -0.3 is 10.4 Å². The zero-order chi connectivity index (χ0) is 32.0. The number of carbonyl (C=O) groups excluding carboxylic acids is 1. The van der Waals surface area contributed by atoms with Crippen LogP contribution in [0.3, 0.4) is 0 Å². The standard InChI is InChI=1S/C30H22ClF6N5O2/c1-28(2,30(35,36)37)25(40-27(44)18-6-3-4-8-23(18)43)19-14-16(9-10-20(19)31)22-15-42-24(39-22)12-11-21(41-42)17-7-5-13-38-26(17)29(32,33)34/h3-15,25,43H,1-2H3,(H,40,44). The highest BCUT2D eigenvalue weighted by atomic mass is 35.5. The van der Waals surface area contributed by atoms with Gasteiger partial charge in [-0.25, -0.2) is 9.50 Å². The van der Waals surface area contributed by atoms with E-state index < -0.39 is 41.2 Å². The predicted molar refractivity (Wildman–Crippen MR) is 150 cm³/mol. The van der Waals surface area contributed by atoms with Gasteiger partial charge in [-0.3, -0.25) is 9.78 Å². The Balaban J connectivity index is 1.57. The maximum Gasteiger partial charge on any atom is 0.434 e. The number of nitrogens with zero attached hydrogens (tertiary/aromatic N) is 4.